The zero-order chi connectivity index (χ0) is 22.3. The zero-order valence-corrected chi connectivity index (χ0v) is 17.6. The first kappa shape index (κ1) is 22.4. The van der Waals surface area contributed by atoms with Crippen molar-refractivity contribution < 1.29 is 32.0 Å². The number of hydrogen-bond donors (Lipinski definition) is 0. The summed E-state index contributed by atoms with van der Waals surface area (Å²) in [5.74, 6) is -0.515. The zero-order valence-electron chi connectivity index (χ0n) is 17.6. The van der Waals surface area contributed by atoms with Gasteiger partial charge in [0.15, 0.2) is 0 Å². The minimum Gasteiger partial charge on any atom is -0.465 e. The van der Waals surface area contributed by atoms with Crippen molar-refractivity contribution in [1.82, 2.24) is 0 Å². The van der Waals surface area contributed by atoms with Crippen molar-refractivity contribution in [1.29, 1.82) is 0 Å². The number of alkyl halides is 3. The Hall–Kier alpha value is -2.32. The van der Waals surface area contributed by atoms with E-state index in [4.69, 9.17) is 14.0 Å². The number of halogens is 3. The summed E-state index contributed by atoms with van der Waals surface area (Å²) in [6.07, 6.45) is -4.19. The van der Waals surface area contributed by atoms with Crippen molar-refractivity contribution in [2.45, 2.75) is 51.5 Å². The van der Waals surface area contributed by atoms with Crippen LogP contribution in [0.25, 0.3) is 0 Å². The molecule has 160 valence electrons. The van der Waals surface area contributed by atoms with Gasteiger partial charge in [-0.15, -0.1) is 0 Å². The fourth-order valence-electron chi connectivity index (χ4n) is 3.27. The van der Waals surface area contributed by atoms with Crippen LogP contribution in [0.15, 0.2) is 42.5 Å². The Morgan fingerprint density at radius 3 is 2.23 bits per heavy atom. The summed E-state index contributed by atoms with van der Waals surface area (Å²) in [4.78, 5) is 12.0. The molecule has 1 aliphatic heterocycles. The minimum atomic E-state index is -4.42. The Kier molecular flexibility index (Phi) is 5.77. The molecule has 0 atom stereocenters. The first-order chi connectivity index (χ1) is 13.8. The molecule has 4 nitrogen and oxygen atoms in total. The molecule has 8 heteroatoms. The number of ether oxygens (including phenoxy) is 1. The third-order valence-corrected chi connectivity index (χ3v) is 5.72. The Morgan fingerprint density at radius 2 is 1.67 bits per heavy atom. The number of rotatable bonds is 4. The summed E-state index contributed by atoms with van der Waals surface area (Å²) in [5.41, 5.74) is 0.194. The van der Waals surface area contributed by atoms with Gasteiger partial charge >= 0.3 is 19.3 Å². The second kappa shape index (κ2) is 7.74. The Bertz CT molecular complexity index is 938. The molecular formula is C22H24BF3O4. The lowest BCUT2D eigenvalue weighted by Gasteiger charge is -2.32. The van der Waals surface area contributed by atoms with Gasteiger partial charge in [-0.2, -0.15) is 13.2 Å². The third kappa shape index (κ3) is 4.39. The molecule has 1 fully saturated rings. The van der Waals surface area contributed by atoms with E-state index in [1.165, 1.54) is 13.2 Å². The van der Waals surface area contributed by atoms with Gasteiger partial charge in [0.1, 0.15) is 0 Å². The van der Waals surface area contributed by atoms with Crippen molar-refractivity contribution in [2.75, 3.05) is 7.11 Å². The molecule has 3 rings (SSSR count). The van der Waals surface area contributed by atoms with E-state index in [9.17, 15) is 18.0 Å². The molecular weight excluding hydrogens is 396 g/mol. The van der Waals surface area contributed by atoms with E-state index in [2.05, 4.69) is 0 Å². The Morgan fingerprint density at radius 1 is 1.03 bits per heavy atom. The molecule has 0 unspecified atom stereocenters. The van der Waals surface area contributed by atoms with Crippen molar-refractivity contribution >= 4 is 18.6 Å². The van der Waals surface area contributed by atoms with E-state index in [1.807, 2.05) is 27.7 Å². The second-order valence-corrected chi connectivity index (χ2v) is 8.37. The van der Waals surface area contributed by atoms with Crippen LogP contribution in [0.2, 0.25) is 0 Å². The lowest BCUT2D eigenvalue weighted by molar-refractivity contribution is -0.137. The predicted octanol–water partition coefficient (Wildman–Crippen LogP) is 4.38. The molecule has 1 saturated heterocycles. The summed E-state index contributed by atoms with van der Waals surface area (Å²) in [6.45, 7) is 7.63. The van der Waals surface area contributed by atoms with Gasteiger partial charge in [-0.3, -0.25) is 0 Å². The quantitative estimate of drug-likeness (QED) is 0.544. The van der Waals surface area contributed by atoms with E-state index in [0.29, 0.717) is 22.2 Å². The average molecular weight is 420 g/mol. The summed E-state index contributed by atoms with van der Waals surface area (Å²) >= 11 is 0. The molecule has 0 amide bonds. The molecule has 0 spiro atoms. The summed E-state index contributed by atoms with van der Waals surface area (Å²) in [7, 11) is 0.522. The van der Waals surface area contributed by atoms with Crippen LogP contribution in [0.3, 0.4) is 0 Å². The third-order valence-electron chi connectivity index (χ3n) is 5.72. The first-order valence-electron chi connectivity index (χ1n) is 9.57. The van der Waals surface area contributed by atoms with Crippen LogP contribution in [-0.4, -0.2) is 31.4 Å². The largest absolute Gasteiger partial charge is 0.495 e. The molecule has 30 heavy (non-hydrogen) atoms. The number of methoxy groups -OCH3 is 1. The Balaban J connectivity index is 2.02. The molecule has 1 aliphatic rings. The van der Waals surface area contributed by atoms with Gasteiger partial charge in [0.25, 0.3) is 0 Å². The van der Waals surface area contributed by atoms with Crippen LogP contribution in [0.4, 0.5) is 13.2 Å². The average Bonchev–Trinajstić information content (AvgIpc) is 2.88. The van der Waals surface area contributed by atoms with E-state index in [-0.39, 0.29) is 6.42 Å². The van der Waals surface area contributed by atoms with E-state index >= 15 is 0 Å². The maximum absolute atomic E-state index is 13.1. The van der Waals surface area contributed by atoms with Crippen molar-refractivity contribution in [3.05, 3.63) is 64.7 Å². The highest BCUT2D eigenvalue weighted by molar-refractivity contribution is 6.62. The van der Waals surface area contributed by atoms with Crippen LogP contribution < -0.4 is 5.46 Å². The highest BCUT2D eigenvalue weighted by atomic mass is 19.4. The predicted molar refractivity (Wildman–Crippen MR) is 108 cm³/mol. The molecule has 2 aromatic rings. The van der Waals surface area contributed by atoms with E-state index < -0.39 is 36.0 Å². The van der Waals surface area contributed by atoms with Crippen molar-refractivity contribution in [2.24, 2.45) is 0 Å². The molecule has 1 heterocycles. The first-order valence-corrected chi connectivity index (χ1v) is 9.57. The SMILES string of the molecule is COC(=O)c1ccc(Cc2cccc(C(F)(F)F)c2)c(B2OC(C)(C)C(C)(C)O2)c1. The maximum Gasteiger partial charge on any atom is 0.495 e. The molecule has 0 N–H and O–H groups in total. The van der Waals surface area contributed by atoms with Gasteiger partial charge in [0, 0.05) is 0 Å². The highest BCUT2D eigenvalue weighted by Crippen LogP contribution is 2.37. The lowest BCUT2D eigenvalue weighted by atomic mass is 9.74. The Labute approximate surface area is 174 Å². The fraction of sp³-hybridized carbons (Fsp3) is 0.409. The van der Waals surface area contributed by atoms with Crippen LogP contribution in [0, 0.1) is 0 Å². The number of hydrogen-bond acceptors (Lipinski definition) is 4. The number of esters is 1. The number of benzene rings is 2. The van der Waals surface area contributed by atoms with Crippen molar-refractivity contribution in [3.8, 4) is 0 Å². The van der Waals surface area contributed by atoms with Crippen molar-refractivity contribution in [3.63, 3.8) is 0 Å². The normalized spacial score (nSPS) is 17.8. The molecule has 0 radical (unpaired) electrons. The van der Waals surface area contributed by atoms with E-state index in [0.717, 1.165) is 12.1 Å². The maximum atomic E-state index is 13.1. The van der Waals surface area contributed by atoms with Crippen LogP contribution in [-0.2, 0) is 26.6 Å². The van der Waals surface area contributed by atoms with Gasteiger partial charge in [-0.1, -0.05) is 24.3 Å². The smallest absolute Gasteiger partial charge is 0.465 e. The summed E-state index contributed by atoms with van der Waals surface area (Å²) < 4.78 is 56.3. The highest BCUT2D eigenvalue weighted by Gasteiger charge is 2.52. The van der Waals surface area contributed by atoms with Crippen LogP contribution in [0.5, 0.6) is 0 Å². The second-order valence-electron chi connectivity index (χ2n) is 8.37. The summed E-state index contributed by atoms with van der Waals surface area (Å²) in [6, 6.07) is 10.1. The molecule has 0 saturated carbocycles. The fourth-order valence-corrected chi connectivity index (χ4v) is 3.27. The monoisotopic (exact) mass is 420 g/mol. The van der Waals surface area contributed by atoms with Gasteiger partial charge < -0.3 is 14.0 Å². The van der Waals surface area contributed by atoms with Gasteiger partial charge in [-0.05, 0) is 68.9 Å². The van der Waals surface area contributed by atoms with Gasteiger partial charge in [0.05, 0.1) is 29.4 Å². The number of carbonyl (C=O) groups excluding carboxylic acids is 1. The van der Waals surface area contributed by atoms with Gasteiger partial charge in [-0.25, -0.2) is 4.79 Å². The summed E-state index contributed by atoms with van der Waals surface area (Å²) in [5, 5.41) is 0. The molecule has 0 aromatic heterocycles. The minimum absolute atomic E-state index is 0.227. The molecule has 0 bridgehead atoms. The standard InChI is InChI=1S/C22H24BF3O4/c1-20(2)21(3,4)30-23(29-20)18-13-16(19(27)28-5)10-9-15(18)11-14-7-6-8-17(12-14)22(24,25)26/h6-10,12-13H,11H2,1-5H3. The van der Waals surface area contributed by atoms with E-state index in [1.54, 1.807) is 24.3 Å². The number of carbonyl (C=O) groups is 1. The molecule has 0 aliphatic carbocycles. The molecule has 2 aromatic carbocycles. The van der Waals surface area contributed by atoms with Gasteiger partial charge in [0.2, 0.25) is 0 Å². The van der Waals surface area contributed by atoms with Crippen LogP contribution in [0.1, 0.15) is 54.7 Å². The van der Waals surface area contributed by atoms with Crippen LogP contribution >= 0.6 is 0 Å². The topological polar surface area (TPSA) is 44.8 Å². The lowest BCUT2D eigenvalue weighted by Crippen LogP contribution is -2.41.